The Bertz CT molecular complexity index is 1220. The highest BCUT2D eigenvalue weighted by Crippen LogP contribution is 2.36. The summed E-state index contributed by atoms with van der Waals surface area (Å²) in [6, 6.07) is 2.04. The van der Waals surface area contributed by atoms with Gasteiger partial charge in [0, 0.05) is 37.7 Å². The fourth-order valence-electron chi connectivity index (χ4n) is 4.44. The summed E-state index contributed by atoms with van der Waals surface area (Å²) in [4.78, 5) is 20.4. The van der Waals surface area contributed by atoms with E-state index in [2.05, 4.69) is 23.0 Å². The average Bonchev–Trinajstić information content (AvgIpc) is 3.42. The maximum atomic E-state index is 14.0. The Balaban J connectivity index is 1.55. The third kappa shape index (κ3) is 2.72. The second kappa shape index (κ2) is 6.28. The molecule has 1 fully saturated rings. The number of rotatable bonds is 2. The highest BCUT2D eigenvalue weighted by Gasteiger charge is 2.40. The van der Waals surface area contributed by atoms with Gasteiger partial charge in [-0.25, -0.2) is 23.7 Å². The standard InChI is InChI=1S/C21H20F2N6O/c1-12-2-3-15-14(12)8-13(9-24-15)18-26-19(28-5-4-21(22,23)11-28)17-20(27-18)29-6-7-30-10-16(29)25-17/h2,8-9H,3-7,10-11H2,1H3. The van der Waals surface area contributed by atoms with Gasteiger partial charge in [0.15, 0.2) is 22.8 Å². The summed E-state index contributed by atoms with van der Waals surface area (Å²) in [5.41, 5.74) is 5.31. The van der Waals surface area contributed by atoms with Crippen LogP contribution in [-0.4, -0.2) is 50.1 Å². The van der Waals surface area contributed by atoms with Gasteiger partial charge >= 0.3 is 0 Å². The molecule has 0 N–H and O–H groups in total. The number of nitrogens with zero attached hydrogens (tertiary/aromatic N) is 6. The molecular weight excluding hydrogens is 390 g/mol. The molecule has 1 saturated heterocycles. The van der Waals surface area contributed by atoms with E-state index < -0.39 is 5.92 Å². The van der Waals surface area contributed by atoms with Crippen LogP contribution in [-0.2, 0) is 24.3 Å². The normalized spacial score (nSPS) is 19.8. The van der Waals surface area contributed by atoms with Crippen LogP contribution in [0.4, 0.5) is 14.6 Å². The van der Waals surface area contributed by atoms with E-state index in [0.29, 0.717) is 42.6 Å². The first kappa shape index (κ1) is 17.9. The van der Waals surface area contributed by atoms with Crippen LogP contribution < -0.4 is 4.90 Å². The third-order valence-electron chi connectivity index (χ3n) is 6.07. The summed E-state index contributed by atoms with van der Waals surface area (Å²) in [6.07, 6.45) is 4.56. The molecular formula is C21H20F2N6O. The van der Waals surface area contributed by atoms with Gasteiger partial charge in [-0.1, -0.05) is 6.08 Å². The second-order valence-electron chi connectivity index (χ2n) is 8.11. The molecule has 30 heavy (non-hydrogen) atoms. The zero-order chi connectivity index (χ0) is 20.5. The number of hydrogen-bond donors (Lipinski definition) is 0. The number of allylic oxidation sites excluding steroid dienone is 2. The van der Waals surface area contributed by atoms with Gasteiger partial charge in [0.2, 0.25) is 0 Å². The van der Waals surface area contributed by atoms with E-state index in [-0.39, 0.29) is 19.5 Å². The minimum absolute atomic E-state index is 0.186. The van der Waals surface area contributed by atoms with Gasteiger partial charge in [-0.2, -0.15) is 0 Å². The number of fused-ring (bicyclic) bond motifs is 4. The van der Waals surface area contributed by atoms with Gasteiger partial charge in [-0.05, 0) is 24.1 Å². The van der Waals surface area contributed by atoms with Crippen LogP contribution in [0.5, 0.6) is 0 Å². The van der Waals surface area contributed by atoms with E-state index in [9.17, 15) is 8.78 Å². The van der Waals surface area contributed by atoms with Crippen molar-refractivity contribution in [1.82, 2.24) is 24.5 Å². The van der Waals surface area contributed by atoms with Gasteiger partial charge in [-0.15, -0.1) is 0 Å². The van der Waals surface area contributed by atoms with Crippen molar-refractivity contribution in [1.29, 1.82) is 0 Å². The highest BCUT2D eigenvalue weighted by atomic mass is 19.3. The Kier molecular flexibility index (Phi) is 3.74. The minimum Gasteiger partial charge on any atom is -0.372 e. The number of hydrogen-bond acceptors (Lipinski definition) is 6. The van der Waals surface area contributed by atoms with Crippen LogP contribution in [0.25, 0.3) is 28.1 Å². The molecule has 0 bridgehead atoms. The number of ether oxygens (including phenoxy) is 1. The summed E-state index contributed by atoms with van der Waals surface area (Å²) in [7, 11) is 0. The molecule has 0 saturated carbocycles. The molecule has 0 spiro atoms. The zero-order valence-corrected chi connectivity index (χ0v) is 16.5. The molecule has 3 aromatic rings. The number of halogens is 2. The SMILES string of the molecule is CC1=CCc2ncc(-c3nc(N4CCC(F)(F)C4)c4nc5n(c4n3)CCOC5)cc21. The summed E-state index contributed by atoms with van der Waals surface area (Å²) in [6.45, 7) is 3.52. The van der Waals surface area contributed by atoms with Gasteiger partial charge in [-0.3, -0.25) is 4.98 Å². The lowest BCUT2D eigenvalue weighted by Crippen LogP contribution is -2.26. The van der Waals surface area contributed by atoms with Crippen LogP contribution in [0, 0.1) is 0 Å². The van der Waals surface area contributed by atoms with Crippen molar-refractivity contribution in [2.45, 2.75) is 38.8 Å². The molecule has 7 nitrogen and oxygen atoms in total. The van der Waals surface area contributed by atoms with Crippen molar-refractivity contribution in [2.75, 3.05) is 24.6 Å². The first-order valence-corrected chi connectivity index (χ1v) is 10.1. The lowest BCUT2D eigenvalue weighted by atomic mass is 10.1. The molecule has 6 rings (SSSR count). The van der Waals surface area contributed by atoms with Gasteiger partial charge in [0.05, 0.1) is 18.8 Å². The molecule has 0 amide bonds. The van der Waals surface area contributed by atoms with Gasteiger partial charge < -0.3 is 14.2 Å². The molecule has 5 heterocycles. The zero-order valence-electron chi connectivity index (χ0n) is 16.5. The van der Waals surface area contributed by atoms with Crippen molar-refractivity contribution < 1.29 is 13.5 Å². The number of alkyl halides is 2. The predicted molar refractivity (Wildman–Crippen MR) is 107 cm³/mol. The number of aromatic nitrogens is 5. The maximum Gasteiger partial charge on any atom is 0.266 e. The first-order valence-electron chi connectivity index (χ1n) is 10.1. The molecule has 154 valence electrons. The largest absolute Gasteiger partial charge is 0.372 e. The van der Waals surface area contributed by atoms with Crippen LogP contribution in [0.2, 0.25) is 0 Å². The average molecular weight is 410 g/mol. The molecule has 0 aromatic carbocycles. The minimum atomic E-state index is -2.73. The predicted octanol–water partition coefficient (Wildman–Crippen LogP) is 3.22. The Morgan fingerprint density at radius 3 is 2.90 bits per heavy atom. The first-order chi connectivity index (χ1) is 14.5. The topological polar surface area (TPSA) is 69.0 Å². The number of anilines is 1. The van der Waals surface area contributed by atoms with Crippen molar-refractivity contribution in [3.8, 4) is 11.4 Å². The van der Waals surface area contributed by atoms with Crippen LogP contribution in [0.15, 0.2) is 18.3 Å². The lowest BCUT2D eigenvalue weighted by molar-refractivity contribution is 0.0257. The van der Waals surface area contributed by atoms with Gasteiger partial charge in [0.25, 0.3) is 5.92 Å². The molecule has 3 aromatic heterocycles. The number of imidazole rings is 1. The summed E-state index contributed by atoms with van der Waals surface area (Å²) in [5, 5.41) is 0. The van der Waals surface area contributed by atoms with Crippen LogP contribution in [0.3, 0.4) is 0 Å². The third-order valence-corrected chi connectivity index (χ3v) is 6.07. The summed E-state index contributed by atoms with van der Waals surface area (Å²) in [5.74, 6) is -1.03. The molecule has 1 aliphatic carbocycles. The van der Waals surface area contributed by atoms with Crippen molar-refractivity contribution in [3.63, 3.8) is 0 Å². The van der Waals surface area contributed by atoms with Crippen molar-refractivity contribution >= 4 is 22.6 Å². The molecule has 3 aliphatic rings. The quantitative estimate of drug-likeness (QED) is 0.646. The second-order valence-corrected chi connectivity index (χ2v) is 8.11. The molecule has 2 aliphatic heterocycles. The Hall–Kier alpha value is -2.94. The van der Waals surface area contributed by atoms with E-state index in [1.165, 1.54) is 5.57 Å². The fraction of sp³-hybridized carbons (Fsp3) is 0.429. The Labute approximate surface area is 171 Å². The van der Waals surface area contributed by atoms with Crippen LogP contribution >= 0.6 is 0 Å². The van der Waals surface area contributed by atoms with Crippen LogP contribution in [0.1, 0.15) is 30.4 Å². The van der Waals surface area contributed by atoms with Gasteiger partial charge in [0.1, 0.15) is 12.4 Å². The van der Waals surface area contributed by atoms with Crippen molar-refractivity contribution in [3.05, 3.63) is 35.4 Å². The van der Waals surface area contributed by atoms with E-state index >= 15 is 0 Å². The maximum absolute atomic E-state index is 14.0. The summed E-state index contributed by atoms with van der Waals surface area (Å²) >= 11 is 0. The lowest BCUT2D eigenvalue weighted by Gasteiger charge is -2.18. The Morgan fingerprint density at radius 1 is 1.17 bits per heavy atom. The fourth-order valence-corrected chi connectivity index (χ4v) is 4.44. The van der Waals surface area contributed by atoms with Crippen molar-refractivity contribution in [2.24, 2.45) is 0 Å². The van der Waals surface area contributed by atoms with E-state index in [1.54, 1.807) is 11.1 Å². The molecule has 0 radical (unpaired) electrons. The summed E-state index contributed by atoms with van der Waals surface area (Å²) < 4.78 is 35.5. The molecule has 9 heteroatoms. The smallest absolute Gasteiger partial charge is 0.266 e. The molecule has 0 atom stereocenters. The highest BCUT2D eigenvalue weighted by molar-refractivity contribution is 5.87. The van der Waals surface area contributed by atoms with E-state index in [4.69, 9.17) is 14.7 Å². The number of pyridine rings is 1. The molecule has 0 unspecified atom stereocenters. The van der Waals surface area contributed by atoms with E-state index in [1.807, 2.05) is 10.6 Å². The van der Waals surface area contributed by atoms with E-state index in [0.717, 1.165) is 29.1 Å². The monoisotopic (exact) mass is 410 g/mol. The Morgan fingerprint density at radius 2 is 2.07 bits per heavy atom.